The van der Waals surface area contributed by atoms with Crippen LogP contribution in [0.15, 0.2) is 42.5 Å². The molecule has 1 rings (SSSR count). The van der Waals surface area contributed by atoms with Gasteiger partial charge in [-0.15, -0.1) is 18.2 Å². The largest absolute Gasteiger partial charge is 0.127 e. The van der Waals surface area contributed by atoms with Crippen molar-refractivity contribution in [2.45, 2.75) is 38.5 Å². The monoisotopic (exact) mass is 236 g/mol. The Labute approximate surface area is 104 Å². The molecule has 0 aliphatic carbocycles. The van der Waals surface area contributed by atoms with E-state index in [1.807, 2.05) is 0 Å². The minimum Gasteiger partial charge on any atom is -0.127 e. The molecule has 0 saturated heterocycles. The zero-order valence-corrected chi connectivity index (χ0v) is 11.1. The minimum atomic E-state index is 0.175. The van der Waals surface area contributed by atoms with Crippen molar-refractivity contribution in [3.8, 4) is 0 Å². The first kappa shape index (κ1) is 13.3. The number of hydrogen-bond acceptors (Lipinski definition) is 0. The van der Waals surface area contributed by atoms with Gasteiger partial charge in [0, 0.05) is 5.88 Å². The van der Waals surface area contributed by atoms with Gasteiger partial charge in [-0.3, -0.25) is 0 Å². The van der Waals surface area contributed by atoms with Crippen LogP contribution in [0.4, 0.5) is 0 Å². The van der Waals surface area contributed by atoms with E-state index in [9.17, 15) is 0 Å². The third kappa shape index (κ3) is 3.12. The van der Waals surface area contributed by atoms with Crippen molar-refractivity contribution in [2.75, 3.05) is 5.88 Å². The van der Waals surface area contributed by atoms with Crippen LogP contribution >= 0.6 is 11.6 Å². The van der Waals surface area contributed by atoms with E-state index in [2.05, 4.69) is 50.8 Å². The summed E-state index contributed by atoms with van der Waals surface area (Å²) in [5.41, 5.74) is 2.80. The lowest BCUT2D eigenvalue weighted by Crippen LogP contribution is -2.26. The van der Waals surface area contributed by atoms with Crippen LogP contribution in [-0.2, 0) is 5.41 Å². The lowest BCUT2D eigenvalue weighted by molar-refractivity contribution is 0.394. The summed E-state index contributed by atoms with van der Waals surface area (Å²) in [6.45, 7) is 8.39. The number of hydrogen-bond donors (Lipinski definition) is 0. The van der Waals surface area contributed by atoms with Crippen molar-refractivity contribution in [3.05, 3.63) is 48.0 Å². The SMILES string of the molecule is C=C(C)CC(CC)(CCCl)c1ccccc1. The normalized spacial score (nSPS) is 14.4. The van der Waals surface area contributed by atoms with Crippen molar-refractivity contribution in [3.63, 3.8) is 0 Å². The molecule has 1 heteroatoms. The fourth-order valence-corrected chi connectivity index (χ4v) is 2.75. The predicted octanol–water partition coefficient (Wildman–Crippen LogP) is 4.93. The van der Waals surface area contributed by atoms with Gasteiger partial charge in [0.2, 0.25) is 0 Å². The van der Waals surface area contributed by atoms with Crippen LogP contribution in [0, 0.1) is 0 Å². The van der Waals surface area contributed by atoms with Gasteiger partial charge in [0.15, 0.2) is 0 Å². The van der Waals surface area contributed by atoms with E-state index < -0.39 is 0 Å². The average Bonchev–Trinajstić information content (AvgIpc) is 2.29. The van der Waals surface area contributed by atoms with E-state index in [0.29, 0.717) is 5.88 Å². The first-order chi connectivity index (χ1) is 7.64. The molecule has 88 valence electrons. The summed E-state index contributed by atoms with van der Waals surface area (Å²) >= 11 is 5.97. The number of allylic oxidation sites excluding steroid dienone is 1. The average molecular weight is 237 g/mol. The number of benzene rings is 1. The topological polar surface area (TPSA) is 0 Å². The van der Waals surface area contributed by atoms with Gasteiger partial charge in [0.1, 0.15) is 0 Å². The second-order valence-electron chi connectivity index (χ2n) is 4.57. The standard InChI is InChI=1S/C15H21Cl/c1-4-15(10-11-16,12-13(2)3)14-8-6-5-7-9-14/h5-9H,2,4,10-12H2,1,3H3. The summed E-state index contributed by atoms with van der Waals surface area (Å²) in [7, 11) is 0. The van der Waals surface area contributed by atoms with Crippen LogP contribution < -0.4 is 0 Å². The van der Waals surface area contributed by atoms with Gasteiger partial charge in [-0.2, -0.15) is 0 Å². The molecule has 0 bridgehead atoms. The van der Waals surface area contributed by atoms with E-state index in [1.165, 1.54) is 11.1 Å². The van der Waals surface area contributed by atoms with Crippen molar-refractivity contribution < 1.29 is 0 Å². The Bertz CT molecular complexity index is 329. The van der Waals surface area contributed by atoms with Crippen molar-refractivity contribution in [1.82, 2.24) is 0 Å². The molecule has 0 aliphatic rings. The maximum absolute atomic E-state index is 5.97. The Morgan fingerprint density at radius 3 is 2.38 bits per heavy atom. The van der Waals surface area contributed by atoms with Crippen molar-refractivity contribution in [1.29, 1.82) is 0 Å². The molecule has 1 unspecified atom stereocenters. The highest BCUT2D eigenvalue weighted by Crippen LogP contribution is 2.37. The zero-order valence-electron chi connectivity index (χ0n) is 10.3. The molecule has 0 aromatic heterocycles. The summed E-state index contributed by atoms with van der Waals surface area (Å²) in [5, 5.41) is 0. The molecule has 0 amide bonds. The lowest BCUT2D eigenvalue weighted by Gasteiger charge is -2.33. The number of halogens is 1. The predicted molar refractivity (Wildman–Crippen MR) is 73.2 cm³/mol. The number of rotatable bonds is 6. The Balaban J connectivity index is 3.06. The highest BCUT2D eigenvalue weighted by atomic mass is 35.5. The first-order valence-corrected chi connectivity index (χ1v) is 6.44. The molecule has 1 aromatic carbocycles. The second kappa shape index (κ2) is 6.10. The summed E-state index contributed by atoms with van der Waals surface area (Å²) in [6.07, 6.45) is 3.15. The van der Waals surface area contributed by atoms with Crippen LogP contribution in [-0.4, -0.2) is 5.88 Å². The van der Waals surface area contributed by atoms with E-state index in [0.717, 1.165) is 19.3 Å². The minimum absolute atomic E-state index is 0.175. The fourth-order valence-electron chi connectivity index (χ4n) is 2.39. The smallest absolute Gasteiger partial charge is 0.0232 e. The molecule has 16 heavy (non-hydrogen) atoms. The summed E-state index contributed by atoms with van der Waals surface area (Å²) in [5.74, 6) is 0.704. The summed E-state index contributed by atoms with van der Waals surface area (Å²) in [4.78, 5) is 0. The van der Waals surface area contributed by atoms with E-state index in [4.69, 9.17) is 11.6 Å². The number of alkyl halides is 1. The van der Waals surface area contributed by atoms with Gasteiger partial charge >= 0.3 is 0 Å². The maximum Gasteiger partial charge on any atom is 0.0232 e. The van der Waals surface area contributed by atoms with Gasteiger partial charge in [0.05, 0.1) is 0 Å². The molecular weight excluding hydrogens is 216 g/mol. The molecule has 0 aliphatic heterocycles. The van der Waals surface area contributed by atoms with Crippen LogP contribution in [0.5, 0.6) is 0 Å². The van der Waals surface area contributed by atoms with Crippen LogP contribution in [0.2, 0.25) is 0 Å². The van der Waals surface area contributed by atoms with Gasteiger partial charge in [-0.1, -0.05) is 42.8 Å². The molecule has 0 fully saturated rings. The molecule has 0 spiro atoms. The Kier molecular flexibility index (Phi) is 5.08. The Hall–Kier alpha value is -0.750. The molecule has 0 nitrogen and oxygen atoms in total. The highest BCUT2D eigenvalue weighted by Gasteiger charge is 2.29. The lowest BCUT2D eigenvalue weighted by atomic mass is 9.72. The quantitative estimate of drug-likeness (QED) is 0.485. The highest BCUT2D eigenvalue weighted by molar-refractivity contribution is 6.17. The fraction of sp³-hybridized carbons (Fsp3) is 0.467. The van der Waals surface area contributed by atoms with Gasteiger partial charge in [-0.05, 0) is 37.2 Å². The molecule has 1 aromatic rings. The van der Waals surface area contributed by atoms with Gasteiger partial charge in [-0.25, -0.2) is 0 Å². The molecular formula is C15H21Cl. The molecule has 0 radical (unpaired) electrons. The second-order valence-corrected chi connectivity index (χ2v) is 4.95. The first-order valence-electron chi connectivity index (χ1n) is 5.90. The van der Waals surface area contributed by atoms with Crippen LogP contribution in [0.25, 0.3) is 0 Å². The zero-order chi connectivity index (χ0) is 12.0. The molecule has 1 atom stereocenters. The van der Waals surface area contributed by atoms with E-state index in [-0.39, 0.29) is 5.41 Å². The van der Waals surface area contributed by atoms with Gasteiger partial charge < -0.3 is 0 Å². The summed E-state index contributed by atoms with van der Waals surface area (Å²) in [6, 6.07) is 10.7. The Morgan fingerprint density at radius 2 is 1.94 bits per heavy atom. The third-order valence-electron chi connectivity index (χ3n) is 3.28. The molecule has 0 N–H and O–H groups in total. The van der Waals surface area contributed by atoms with Crippen molar-refractivity contribution >= 4 is 11.6 Å². The van der Waals surface area contributed by atoms with E-state index >= 15 is 0 Å². The van der Waals surface area contributed by atoms with Gasteiger partial charge in [0.25, 0.3) is 0 Å². The van der Waals surface area contributed by atoms with Crippen LogP contribution in [0.1, 0.15) is 38.7 Å². The van der Waals surface area contributed by atoms with Crippen molar-refractivity contribution in [2.24, 2.45) is 0 Å². The summed E-state index contributed by atoms with van der Waals surface area (Å²) < 4.78 is 0. The van der Waals surface area contributed by atoms with E-state index in [1.54, 1.807) is 0 Å². The maximum atomic E-state index is 5.97. The molecule has 0 saturated carbocycles. The van der Waals surface area contributed by atoms with Crippen LogP contribution in [0.3, 0.4) is 0 Å². The Morgan fingerprint density at radius 1 is 1.31 bits per heavy atom. The molecule has 0 heterocycles. The third-order valence-corrected chi connectivity index (χ3v) is 3.47.